The van der Waals surface area contributed by atoms with E-state index in [-0.39, 0.29) is 25.3 Å². The van der Waals surface area contributed by atoms with Crippen LogP contribution in [0.5, 0.6) is 0 Å². The minimum absolute atomic E-state index is 0.196. The molecule has 1 aromatic heterocycles. The van der Waals surface area contributed by atoms with Crippen LogP contribution in [0.15, 0.2) is 6.33 Å². The summed E-state index contributed by atoms with van der Waals surface area (Å²) in [6, 6.07) is -0.843. The van der Waals surface area contributed by atoms with Gasteiger partial charge in [0, 0.05) is 13.0 Å². The smallest absolute Gasteiger partial charge is 0.326 e. The van der Waals surface area contributed by atoms with Crippen LogP contribution in [-0.4, -0.2) is 51.1 Å². The SMILES string of the molecule is CCOCCC(=O)N1Cc2[nH]cnc2CC1C(=O)O. The summed E-state index contributed by atoms with van der Waals surface area (Å²) in [5, 5.41) is 9.23. The first-order valence-corrected chi connectivity index (χ1v) is 6.24. The molecule has 0 fully saturated rings. The number of H-pyrrole nitrogens is 1. The highest BCUT2D eigenvalue weighted by Crippen LogP contribution is 2.21. The molecule has 2 heterocycles. The number of nitrogens with one attached hydrogen (secondary N) is 1. The minimum Gasteiger partial charge on any atom is -0.480 e. The average Bonchev–Trinajstić information content (AvgIpc) is 2.84. The van der Waals surface area contributed by atoms with Gasteiger partial charge in [-0.1, -0.05) is 0 Å². The second-order valence-corrected chi connectivity index (χ2v) is 4.35. The van der Waals surface area contributed by atoms with Crippen LogP contribution in [0.3, 0.4) is 0 Å². The first-order valence-electron chi connectivity index (χ1n) is 6.24. The van der Waals surface area contributed by atoms with Gasteiger partial charge in [0.25, 0.3) is 0 Å². The molecule has 7 heteroatoms. The number of aliphatic carboxylic acids is 1. The Morgan fingerprint density at radius 1 is 1.63 bits per heavy atom. The van der Waals surface area contributed by atoms with Gasteiger partial charge < -0.3 is 19.7 Å². The monoisotopic (exact) mass is 267 g/mol. The molecule has 19 heavy (non-hydrogen) atoms. The second kappa shape index (κ2) is 5.83. The van der Waals surface area contributed by atoms with Crippen molar-refractivity contribution in [3.05, 3.63) is 17.7 Å². The van der Waals surface area contributed by atoms with Gasteiger partial charge in [0.05, 0.1) is 37.3 Å². The molecule has 104 valence electrons. The molecular weight excluding hydrogens is 250 g/mol. The van der Waals surface area contributed by atoms with Crippen LogP contribution in [0.1, 0.15) is 24.7 Å². The van der Waals surface area contributed by atoms with E-state index in [1.807, 2.05) is 6.92 Å². The number of carboxylic acids is 1. The van der Waals surface area contributed by atoms with E-state index in [0.29, 0.717) is 13.2 Å². The Bertz CT molecular complexity index is 471. The van der Waals surface area contributed by atoms with Crippen LogP contribution in [-0.2, 0) is 27.3 Å². The molecule has 0 aromatic carbocycles. The van der Waals surface area contributed by atoms with E-state index in [0.717, 1.165) is 11.4 Å². The summed E-state index contributed by atoms with van der Waals surface area (Å²) < 4.78 is 5.13. The summed E-state index contributed by atoms with van der Waals surface area (Å²) in [4.78, 5) is 31.7. The predicted molar refractivity (Wildman–Crippen MR) is 65.4 cm³/mol. The number of aromatic nitrogens is 2. The third-order valence-corrected chi connectivity index (χ3v) is 3.17. The van der Waals surface area contributed by atoms with Gasteiger partial charge in [-0.3, -0.25) is 4.79 Å². The summed E-state index contributed by atoms with van der Waals surface area (Å²) in [5.41, 5.74) is 1.53. The number of carbonyl (C=O) groups is 2. The number of amides is 1. The van der Waals surface area contributed by atoms with Gasteiger partial charge in [-0.15, -0.1) is 0 Å². The van der Waals surface area contributed by atoms with Crippen LogP contribution >= 0.6 is 0 Å². The first kappa shape index (κ1) is 13.5. The van der Waals surface area contributed by atoms with Crippen molar-refractivity contribution >= 4 is 11.9 Å². The van der Waals surface area contributed by atoms with Crippen molar-refractivity contribution in [2.45, 2.75) is 32.4 Å². The third-order valence-electron chi connectivity index (χ3n) is 3.17. The van der Waals surface area contributed by atoms with E-state index in [1.54, 1.807) is 0 Å². The van der Waals surface area contributed by atoms with Crippen LogP contribution < -0.4 is 0 Å². The maximum atomic E-state index is 12.1. The summed E-state index contributed by atoms with van der Waals surface area (Å²) in [6.07, 6.45) is 1.97. The number of hydrogen-bond acceptors (Lipinski definition) is 4. The molecule has 1 aliphatic heterocycles. The Labute approximate surface area is 110 Å². The molecule has 1 atom stereocenters. The van der Waals surface area contributed by atoms with Gasteiger partial charge in [-0.2, -0.15) is 0 Å². The first-order chi connectivity index (χ1) is 9.13. The molecule has 0 saturated carbocycles. The zero-order valence-electron chi connectivity index (χ0n) is 10.8. The van der Waals surface area contributed by atoms with E-state index in [1.165, 1.54) is 11.2 Å². The number of carboxylic acid groups (broad SMARTS) is 1. The van der Waals surface area contributed by atoms with Crippen LogP contribution in [0.4, 0.5) is 0 Å². The van der Waals surface area contributed by atoms with Crippen LogP contribution in [0.25, 0.3) is 0 Å². The van der Waals surface area contributed by atoms with E-state index in [2.05, 4.69) is 9.97 Å². The quantitative estimate of drug-likeness (QED) is 0.742. The summed E-state index contributed by atoms with van der Waals surface area (Å²) in [6.45, 7) is 2.97. The van der Waals surface area contributed by atoms with Gasteiger partial charge in [-0.05, 0) is 6.92 Å². The highest BCUT2D eigenvalue weighted by atomic mass is 16.5. The van der Waals surface area contributed by atoms with Gasteiger partial charge >= 0.3 is 5.97 Å². The molecule has 1 amide bonds. The van der Waals surface area contributed by atoms with E-state index >= 15 is 0 Å². The Balaban J connectivity index is 2.09. The fourth-order valence-electron chi connectivity index (χ4n) is 2.17. The fourth-order valence-corrected chi connectivity index (χ4v) is 2.17. The van der Waals surface area contributed by atoms with E-state index in [4.69, 9.17) is 4.74 Å². The molecule has 0 saturated heterocycles. The van der Waals surface area contributed by atoms with Crippen molar-refractivity contribution in [1.82, 2.24) is 14.9 Å². The van der Waals surface area contributed by atoms with Crippen molar-refractivity contribution in [1.29, 1.82) is 0 Å². The molecule has 1 aliphatic rings. The fraction of sp³-hybridized carbons (Fsp3) is 0.583. The molecular formula is C12H17N3O4. The van der Waals surface area contributed by atoms with Crippen LogP contribution in [0.2, 0.25) is 0 Å². The number of rotatable bonds is 5. The molecule has 2 N–H and O–H groups in total. The Morgan fingerprint density at radius 2 is 2.42 bits per heavy atom. The van der Waals surface area contributed by atoms with Crippen molar-refractivity contribution in [3.63, 3.8) is 0 Å². The number of aromatic amines is 1. The highest BCUT2D eigenvalue weighted by molar-refractivity contribution is 5.84. The highest BCUT2D eigenvalue weighted by Gasteiger charge is 2.35. The van der Waals surface area contributed by atoms with Crippen molar-refractivity contribution < 1.29 is 19.4 Å². The molecule has 7 nitrogen and oxygen atoms in total. The Kier molecular flexibility index (Phi) is 4.16. The zero-order valence-corrected chi connectivity index (χ0v) is 10.8. The molecule has 0 radical (unpaired) electrons. The lowest BCUT2D eigenvalue weighted by molar-refractivity contribution is -0.152. The Morgan fingerprint density at radius 3 is 3.11 bits per heavy atom. The third kappa shape index (κ3) is 2.93. The molecule has 1 unspecified atom stereocenters. The standard InChI is InChI=1S/C12H17N3O4/c1-2-19-4-3-11(16)15-6-9-8(13-7-14-9)5-10(15)12(17)18/h7,10H,2-6H2,1H3,(H,13,14)(H,17,18). The number of ether oxygens (including phenoxy) is 1. The Hall–Kier alpha value is -1.89. The van der Waals surface area contributed by atoms with Gasteiger partial charge in [0.1, 0.15) is 6.04 Å². The van der Waals surface area contributed by atoms with Gasteiger partial charge in [0.15, 0.2) is 0 Å². The number of hydrogen-bond donors (Lipinski definition) is 2. The summed E-state index contributed by atoms with van der Waals surface area (Å²) in [5.74, 6) is -1.21. The summed E-state index contributed by atoms with van der Waals surface area (Å²) in [7, 11) is 0. The normalized spacial score (nSPS) is 18.2. The van der Waals surface area contributed by atoms with E-state index in [9.17, 15) is 14.7 Å². The lowest BCUT2D eigenvalue weighted by Crippen LogP contribution is -2.48. The second-order valence-electron chi connectivity index (χ2n) is 4.35. The largest absolute Gasteiger partial charge is 0.480 e. The number of fused-ring (bicyclic) bond motifs is 1. The summed E-state index contributed by atoms with van der Waals surface area (Å²) >= 11 is 0. The van der Waals surface area contributed by atoms with Crippen molar-refractivity contribution in [2.24, 2.45) is 0 Å². The minimum atomic E-state index is -1.00. The number of imidazole rings is 1. The number of carbonyl (C=O) groups excluding carboxylic acids is 1. The predicted octanol–water partition coefficient (Wildman–Crippen LogP) is 0.174. The lowest BCUT2D eigenvalue weighted by atomic mass is 10.0. The maximum Gasteiger partial charge on any atom is 0.326 e. The molecule has 0 bridgehead atoms. The van der Waals surface area contributed by atoms with Gasteiger partial charge in [-0.25, -0.2) is 9.78 Å². The average molecular weight is 267 g/mol. The van der Waals surface area contributed by atoms with E-state index < -0.39 is 12.0 Å². The van der Waals surface area contributed by atoms with Crippen molar-refractivity contribution in [3.8, 4) is 0 Å². The van der Waals surface area contributed by atoms with Crippen molar-refractivity contribution in [2.75, 3.05) is 13.2 Å². The lowest BCUT2D eigenvalue weighted by Gasteiger charge is -2.32. The van der Waals surface area contributed by atoms with Crippen LogP contribution in [0, 0.1) is 0 Å². The maximum absolute atomic E-state index is 12.1. The molecule has 1 aromatic rings. The molecule has 0 aliphatic carbocycles. The molecule has 2 rings (SSSR count). The number of nitrogens with zero attached hydrogens (tertiary/aromatic N) is 2. The van der Waals surface area contributed by atoms with Gasteiger partial charge in [0.2, 0.25) is 5.91 Å². The zero-order chi connectivity index (χ0) is 13.8. The topological polar surface area (TPSA) is 95.5 Å². The molecule has 0 spiro atoms.